The number of sulfonamides is 1. The van der Waals surface area contributed by atoms with Gasteiger partial charge >= 0.3 is 5.97 Å². The monoisotopic (exact) mass is 380 g/mol. The Morgan fingerprint density at radius 2 is 2.08 bits per heavy atom. The number of carboxylic acids is 1. The predicted molar refractivity (Wildman–Crippen MR) is 96.3 cm³/mol. The quantitative estimate of drug-likeness (QED) is 0.804. The van der Waals surface area contributed by atoms with Gasteiger partial charge in [0.25, 0.3) is 0 Å². The number of carboxylic acid groups (broad SMARTS) is 1. The van der Waals surface area contributed by atoms with Crippen LogP contribution in [0.5, 0.6) is 0 Å². The standard InChI is InChI=1S/C17H20N2O4S2/c20-17(21)16-9-15(12-24-16)25(22,23)18-14-7-4-8-19(11-14)10-13-5-2-1-3-6-13/h1-3,5-6,9,12,14,18H,4,7-8,10-11H2,(H,20,21)/t14-/m1/s1. The Morgan fingerprint density at radius 3 is 2.76 bits per heavy atom. The zero-order valence-corrected chi connectivity index (χ0v) is 15.2. The van der Waals surface area contributed by atoms with E-state index in [2.05, 4.69) is 21.8 Å². The molecule has 25 heavy (non-hydrogen) atoms. The van der Waals surface area contributed by atoms with Crippen LogP contribution in [0.25, 0.3) is 0 Å². The summed E-state index contributed by atoms with van der Waals surface area (Å²) in [7, 11) is -3.70. The van der Waals surface area contributed by atoms with Crippen LogP contribution in [-0.4, -0.2) is 43.5 Å². The van der Waals surface area contributed by atoms with Crippen molar-refractivity contribution in [3.8, 4) is 0 Å². The first-order valence-electron chi connectivity index (χ1n) is 8.04. The molecule has 0 amide bonds. The Kier molecular flexibility index (Phi) is 5.53. The summed E-state index contributed by atoms with van der Waals surface area (Å²) in [6, 6.07) is 11.1. The Balaban J connectivity index is 1.64. The second kappa shape index (κ2) is 7.65. The highest BCUT2D eigenvalue weighted by molar-refractivity contribution is 7.89. The van der Waals surface area contributed by atoms with E-state index in [9.17, 15) is 13.2 Å². The maximum atomic E-state index is 12.5. The summed E-state index contributed by atoms with van der Waals surface area (Å²) in [6.45, 7) is 2.37. The number of thiophene rings is 1. The van der Waals surface area contributed by atoms with Crippen LogP contribution in [0, 0.1) is 0 Å². The van der Waals surface area contributed by atoms with Crippen LogP contribution in [0.3, 0.4) is 0 Å². The van der Waals surface area contributed by atoms with Gasteiger partial charge in [-0.25, -0.2) is 17.9 Å². The normalized spacial score (nSPS) is 19.0. The Labute approximate surface area is 151 Å². The highest BCUT2D eigenvalue weighted by atomic mass is 32.2. The first kappa shape index (κ1) is 18.1. The first-order chi connectivity index (χ1) is 11.9. The van der Waals surface area contributed by atoms with E-state index in [1.54, 1.807) is 0 Å². The van der Waals surface area contributed by atoms with Crippen molar-refractivity contribution >= 4 is 27.3 Å². The van der Waals surface area contributed by atoms with Gasteiger partial charge in [0, 0.05) is 24.5 Å². The average Bonchev–Trinajstić information content (AvgIpc) is 3.07. The Hall–Kier alpha value is -1.74. The van der Waals surface area contributed by atoms with Crippen molar-refractivity contribution in [2.24, 2.45) is 0 Å². The Morgan fingerprint density at radius 1 is 1.32 bits per heavy atom. The van der Waals surface area contributed by atoms with Gasteiger partial charge in [-0.1, -0.05) is 30.3 Å². The molecule has 6 nitrogen and oxygen atoms in total. The van der Waals surface area contributed by atoms with E-state index >= 15 is 0 Å². The van der Waals surface area contributed by atoms with E-state index in [0.717, 1.165) is 37.3 Å². The second-order valence-electron chi connectivity index (χ2n) is 6.13. The van der Waals surface area contributed by atoms with Gasteiger partial charge in [0.05, 0.1) is 4.90 Å². The van der Waals surface area contributed by atoms with Crippen LogP contribution in [0.4, 0.5) is 0 Å². The van der Waals surface area contributed by atoms with Gasteiger partial charge in [-0.05, 0) is 31.0 Å². The number of hydrogen-bond donors (Lipinski definition) is 2. The molecule has 0 saturated carbocycles. The third-order valence-corrected chi connectivity index (χ3v) is 6.74. The van der Waals surface area contributed by atoms with E-state index in [0.29, 0.717) is 6.54 Å². The third kappa shape index (κ3) is 4.66. The van der Waals surface area contributed by atoms with Gasteiger partial charge in [0.1, 0.15) is 4.88 Å². The van der Waals surface area contributed by atoms with Gasteiger partial charge in [0.2, 0.25) is 10.0 Å². The zero-order valence-electron chi connectivity index (χ0n) is 13.6. The molecule has 2 aromatic rings. The molecule has 2 N–H and O–H groups in total. The molecular weight excluding hydrogens is 360 g/mol. The molecule has 1 aromatic carbocycles. The first-order valence-corrected chi connectivity index (χ1v) is 10.4. The number of likely N-dealkylation sites (tertiary alicyclic amines) is 1. The molecule has 0 bridgehead atoms. The van der Waals surface area contributed by atoms with Crippen LogP contribution in [-0.2, 0) is 16.6 Å². The molecule has 0 spiro atoms. The van der Waals surface area contributed by atoms with Gasteiger partial charge in [0.15, 0.2) is 0 Å². The highest BCUT2D eigenvalue weighted by Crippen LogP contribution is 2.21. The van der Waals surface area contributed by atoms with Crippen molar-refractivity contribution in [1.29, 1.82) is 0 Å². The zero-order chi connectivity index (χ0) is 17.9. The molecule has 1 aromatic heterocycles. The van der Waals surface area contributed by atoms with E-state index in [1.807, 2.05) is 18.2 Å². The van der Waals surface area contributed by atoms with E-state index in [1.165, 1.54) is 17.0 Å². The predicted octanol–water partition coefficient (Wildman–Crippen LogP) is 2.39. The number of nitrogens with one attached hydrogen (secondary N) is 1. The molecule has 1 aliphatic rings. The van der Waals surface area contributed by atoms with Crippen molar-refractivity contribution in [1.82, 2.24) is 9.62 Å². The topological polar surface area (TPSA) is 86.7 Å². The maximum Gasteiger partial charge on any atom is 0.345 e. The number of carbonyl (C=O) groups is 1. The number of rotatable bonds is 6. The lowest BCUT2D eigenvalue weighted by atomic mass is 10.1. The minimum atomic E-state index is -3.70. The molecule has 1 fully saturated rings. The van der Waals surface area contributed by atoms with Crippen LogP contribution in [0.1, 0.15) is 28.1 Å². The number of nitrogens with zero attached hydrogens (tertiary/aromatic N) is 1. The molecule has 0 unspecified atom stereocenters. The fraction of sp³-hybridized carbons (Fsp3) is 0.353. The van der Waals surface area contributed by atoms with E-state index in [-0.39, 0.29) is 15.8 Å². The van der Waals surface area contributed by atoms with Crippen LogP contribution in [0.2, 0.25) is 0 Å². The molecule has 0 radical (unpaired) electrons. The largest absolute Gasteiger partial charge is 0.477 e. The molecule has 0 aliphatic carbocycles. The number of piperidine rings is 1. The van der Waals surface area contributed by atoms with Crippen molar-refractivity contribution in [3.63, 3.8) is 0 Å². The molecule has 1 aliphatic heterocycles. The summed E-state index contributed by atoms with van der Waals surface area (Å²) in [6.07, 6.45) is 1.70. The van der Waals surface area contributed by atoms with Crippen molar-refractivity contribution in [2.75, 3.05) is 13.1 Å². The smallest absolute Gasteiger partial charge is 0.345 e. The summed E-state index contributed by atoms with van der Waals surface area (Å²) < 4.78 is 27.7. The van der Waals surface area contributed by atoms with Gasteiger partial charge in [-0.2, -0.15) is 0 Å². The molecule has 8 heteroatoms. The SMILES string of the molecule is O=C(O)c1cc(S(=O)(=O)N[C@@H]2CCCN(Cc3ccccc3)C2)cs1. The van der Waals surface area contributed by atoms with Gasteiger partial charge < -0.3 is 5.11 Å². The van der Waals surface area contributed by atoms with Crippen LogP contribution >= 0.6 is 11.3 Å². The van der Waals surface area contributed by atoms with Gasteiger partial charge in [-0.15, -0.1) is 11.3 Å². The molecule has 3 rings (SSSR count). The summed E-state index contributed by atoms with van der Waals surface area (Å²) in [4.78, 5) is 13.2. The summed E-state index contributed by atoms with van der Waals surface area (Å²) in [5, 5.41) is 10.3. The summed E-state index contributed by atoms with van der Waals surface area (Å²) in [5.74, 6) is -1.11. The molecule has 2 heterocycles. The van der Waals surface area contributed by atoms with Crippen molar-refractivity contribution in [3.05, 3.63) is 52.2 Å². The fourth-order valence-corrected chi connectivity index (χ4v) is 5.37. The van der Waals surface area contributed by atoms with Gasteiger partial charge in [-0.3, -0.25) is 4.90 Å². The highest BCUT2D eigenvalue weighted by Gasteiger charge is 2.26. The lowest BCUT2D eigenvalue weighted by Gasteiger charge is -2.32. The Bertz CT molecular complexity index is 833. The third-order valence-electron chi connectivity index (χ3n) is 4.17. The number of hydrogen-bond acceptors (Lipinski definition) is 5. The molecule has 1 atom stereocenters. The molecule has 1 saturated heterocycles. The fourth-order valence-electron chi connectivity index (χ4n) is 3.00. The van der Waals surface area contributed by atoms with Crippen molar-refractivity contribution in [2.45, 2.75) is 30.3 Å². The molecule has 134 valence electrons. The summed E-state index contributed by atoms with van der Waals surface area (Å²) >= 11 is 0.920. The van der Waals surface area contributed by atoms with Crippen LogP contribution in [0.15, 0.2) is 46.7 Å². The minimum absolute atomic E-state index is 0.0229. The van der Waals surface area contributed by atoms with Crippen molar-refractivity contribution < 1.29 is 18.3 Å². The maximum absolute atomic E-state index is 12.5. The average molecular weight is 380 g/mol. The lowest BCUT2D eigenvalue weighted by Crippen LogP contribution is -2.47. The lowest BCUT2D eigenvalue weighted by molar-refractivity contribution is 0.0702. The summed E-state index contributed by atoms with van der Waals surface area (Å²) in [5.41, 5.74) is 1.20. The molecular formula is C17H20N2O4S2. The van der Waals surface area contributed by atoms with Crippen LogP contribution < -0.4 is 4.72 Å². The number of benzene rings is 1. The minimum Gasteiger partial charge on any atom is -0.477 e. The second-order valence-corrected chi connectivity index (χ2v) is 8.76. The number of aromatic carboxylic acids is 1. The van der Waals surface area contributed by atoms with E-state index < -0.39 is 16.0 Å². The van der Waals surface area contributed by atoms with E-state index in [4.69, 9.17) is 5.11 Å².